The van der Waals surface area contributed by atoms with E-state index in [2.05, 4.69) is 5.32 Å². The van der Waals surface area contributed by atoms with Crippen molar-refractivity contribution in [1.82, 2.24) is 10.2 Å². The van der Waals surface area contributed by atoms with Crippen LogP contribution in [-0.4, -0.2) is 54.1 Å². The summed E-state index contributed by atoms with van der Waals surface area (Å²) in [6.45, 7) is 3.98. The SMILES string of the molecule is CC(C)C(C)(C#N)NC(=O)CN(CCO)CC(F)F. The van der Waals surface area contributed by atoms with Crippen molar-refractivity contribution < 1.29 is 18.7 Å². The second kappa shape index (κ2) is 8.02. The predicted octanol–water partition coefficient (Wildman–Crippen LogP) is 0.600. The summed E-state index contributed by atoms with van der Waals surface area (Å²) in [5, 5.41) is 20.3. The monoisotopic (exact) mass is 277 g/mol. The molecule has 1 atom stereocenters. The standard InChI is InChI=1S/C12H21F2N3O2/c1-9(2)12(3,8-15)16-11(19)7-17(4-5-18)6-10(13)14/h9-10,18H,4-7H2,1-3H3,(H,16,19). The van der Waals surface area contributed by atoms with Gasteiger partial charge in [0.25, 0.3) is 6.43 Å². The Morgan fingerprint density at radius 1 is 1.53 bits per heavy atom. The average Bonchev–Trinajstić information content (AvgIpc) is 2.27. The van der Waals surface area contributed by atoms with Crippen molar-refractivity contribution in [1.29, 1.82) is 5.26 Å². The van der Waals surface area contributed by atoms with Crippen molar-refractivity contribution in [3.63, 3.8) is 0 Å². The number of aliphatic hydroxyl groups is 1. The van der Waals surface area contributed by atoms with Gasteiger partial charge in [-0.25, -0.2) is 8.78 Å². The van der Waals surface area contributed by atoms with Gasteiger partial charge in [0.2, 0.25) is 5.91 Å². The van der Waals surface area contributed by atoms with Crippen LogP contribution in [0.4, 0.5) is 8.78 Å². The van der Waals surface area contributed by atoms with Crippen molar-refractivity contribution in [3.8, 4) is 6.07 Å². The first-order valence-corrected chi connectivity index (χ1v) is 6.08. The molecule has 0 saturated heterocycles. The van der Waals surface area contributed by atoms with Gasteiger partial charge in [0.1, 0.15) is 5.54 Å². The van der Waals surface area contributed by atoms with Gasteiger partial charge in [-0.2, -0.15) is 5.26 Å². The number of nitrogens with one attached hydrogen (secondary N) is 1. The number of amides is 1. The summed E-state index contributed by atoms with van der Waals surface area (Å²) in [6.07, 6.45) is -2.58. The number of hydrogen-bond donors (Lipinski definition) is 2. The maximum atomic E-state index is 12.3. The van der Waals surface area contributed by atoms with Crippen LogP contribution in [0.2, 0.25) is 0 Å². The minimum atomic E-state index is -2.58. The number of nitrogens with zero attached hydrogens (tertiary/aromatic N) is 2. The number of halogens is 2. The molecule has 0 aliphatic heterocycles. The second-order valence-electron chi connectivity index (χ2n) is 4.87. The number of alkyl halides is 2. The molecule has 1 amide bonds. The van der Waals surface area contributed by atoms with Crippen LogP contribution in [-0.2, 0) is 4.79 Å². The first kappa shape index (κ1) is 17.7. The minimum absolute atomic E-state index is 0.0112. The van der Waals surface area contributed by atoms with E-state index in [1.54, 1.807) is 20.8 Å². The van der Waals surface area contributed by atoms with Crippen molar-refractivity contribution in [2.75, 3.05) is 26.2 Å². The molecule has 0 bridgehead atoms. The summed E-state index contributed by atoms with van der Waals surface area (Å²) in [5.41, 5.74) is -1.03. The van der Waals surface area contributed by atoms with Crippen molar-refractivity contribution in [2.24, 2.45) is 5.92 Å². The number of aliphatic hydroxyl groups excluding tert-OH is 1. The van der Waals surface area contributed by atoms with Crippen molar-refractivity contribution >= 4 is 5.91 Å². The number of rotatable bonds is 8. The zero-order valence-corrected chi connectivity index (χ0v) is 11.5. The van der Waals surface area contributed by atoms with Crippen LogP contribution in [0.15, 0.2) is 0 Å². The molecule has 0 fully saturated rings. The van der Waals surface area contributed by atoms with E-state index in [0.29, 0.717) is 0 Å². The highest BCUT2D eigenvalue weighted by Gasteiger charge is 2.30. The molecule has 2 N–H and O–H groups in total. The molecule has 0 aromatic carbocycles. The molecule has 5 nitrogen and oxygen atoms in total. The third-order valence-electron chi connectivity index (χ3n) is 2.97. The molecule has 0 aliphatic carbocycles. The lowest BCUT2D eigenvalue weighted by Crippen LogP contribution is -2.52. The number of nitriles is 1. The Kier molecular flexibility index (Phi) is 7.49. The molecule has 0 rings (SSSR count). The summed E-state index contributed by atoms with van der Waals surface area (Å²) >= 11 is 0. The fourth-order valence-corrected chi connectivity index (χ4v) is 1.41. The van der Waals surface area contributed by atoms with Crippen LogP contribution in [0, 0.1) is 17.2 Å². The van der Waals surface area contributed by atoms with Gasteiger partial charge in [0.05, 0.1) is 25.8 Å². The lowest BCUT2D eigenvalue weighted by atomic mass is 9.90. The molecule has 0 saturated carbocycles. The van der Waals surface area contributed by atoms with Crippen LogP contribution in [0.5, 0.6) is 0 Å². The highest BCUT2D eigenvalue weighted by atomic mass is 19.3. The fraction of sp³-hybridized carbons (Fsp3) is 0.833. The Balaban J connectivity index is 4.53. The normalized spacial score (nSPS) is 14.5. The van der Waals surface area contributed by atoms with Gasteiger partial charge in [-0.05, 0) is 12.8 Å². The summed E-state index contributed by atoms with van der Waals surface area (Å²) in [5.74, 6) is -0.616. The van der Waals surface area contributed by atoms with E-state index in [9.17, 15) is 13.6 Å². The minimum Gasteiger partial charge on any atom is -0.395 e. The Hall–Kier alpha value is -1.26. The summed E-state index contributed by atoms with van der Waals surface area (Å²) in [6, 6.07) is 2.01. The molecule has 110 valence electrons. The fourth-order valence-electron chi connectivity index (χ4n) is 1.41. The average molecular weight is 277 g/mol. The van der Waals surface area contributed by atoms with Gasteiger partial charge in [-0.1, -0.05) is 13.8 Å². The van der Waals surface area contributed by atoms with E-state index in [-0.39, 0.29) is 25.6 Å². The van der Waals surface area contributed by atoms with Gasteiger partial charge in [-0.3, -0.25) is 9.69 Å². The quantitative estimate of drug-likeness (QED) is 0.681. The molecule has 0 aromatic heterocycles. The van der Waals surface area contributed by atoms with E-state index >= 15 is 0 Å². The lowest BCUT2D eigenvalue weighted by Gasteiger charge is -2.29. The van der Waals surface area contributed by atoms with Gasteiger partial charge in [0, 0.05) is 6.54 Å². The van der Waals surface area contributed by atoms with E-state index in [1.165, 1.54) is 0 Å². The molecule has 7 heteroatoms. The highest BCUT2D eigenvalue weighted by Crippen LogP contribution is 2.14. The molecule has 0 aliphatic rings. The van der Waals surface area contributed by atoms with Crippen molar-refractivity contribution in [3.05, 3.63) is 0 Å². The summed E-state index contributed by atoms with van der Waals surface area (Å²) < 4.78 is 24.6. The van der Waals surface area contributed by atoms with Crippen LogP contribution >= 0.6 is 0 Å². The molecular formula is C12H21F2N3O2. The third-order valence-corrected chi connectivity index (χ3v) is 2.97. The van der Waals surface area contributed by atoms with E-state index < -0.39 is 24.4 Å². The predicted molar refractivity (Wildman–Crippen MR) is 66.5 cm³/mol. The molecule has 0 aromatic rings. The smallest absolute Gasteiger partial charge is 0.251 e. The maximum absolute atomic E-state index is 12.3. The number of carbonyl (C=O) groups is 1. The van der Waals surface area contributed by atoms with Crippen LogP contribution in [0.25, 0.3) is 0 Å². The second-order valence-corrected chi connectivity index (χ2v) is 4.87. The van der Waals surface area contributed by atoms with E-state index in [1.807, 2.05) is 6.07 Å². The first-order valence-electron chi connectivity index (χ1n) is 6.08. The Labute approximate surface area is 112 Å². The number of carbonyl (C=O) groups excluding carboxylic acids is 1. The van der Waals surface area contributed by atoms with Gasteiger partial charge < -0.3 is 10.4 Å². The molecule has 0 spiro atoms. The molecule has 0 radical (unpaired) electrons. The Morgan fingerprint density at radius 3 is 2.47 bits per heavy atom. The Bertz CT molecular complexity index is 331. The molecular weight excluding hydrogens is 256 g/mol. The maximum Gasteiger partial charge on any atom is 0.251 e. The largest absolute Gasteiger partial charge is 0.395 e. The summed E-state index contributed by atoms with van der Waals surface area (Å²) in [7, 11) is 0. The van der Waals surface area contributed by atoms with E-state index in [0.717, 1.165) is 4.90 Å². The van der Waals surface area contributed by atoms with Crippen LogP contribution < -0.4 is 5.32 Å². The lowest BCUT2D eigenvalue weighted by molar-refractivity contribution is -0.124. The van der Waals surface area contributed by atoms with Gasteiger partial charge in [0.15, 0.2) is 0 Å². The zero-order valence-electron chi connectivity index (χ0n) is 11.5. The van der Waals surface area contributed by atoms with Crippen LogP contribution in [0.3, 0.4) is 0 Å². The zero-order chi connectivity index (χ0) is 15.1. The number of hydrogen-bond acceptors (Lipinski definition) is 4. The third kappa shape index (κ3) is 6.45. The van der Waals surface area contributed by atoms with Gasteiger partial charge in [-0.15, -0.1) is 0 Å². The van der Waals surface area contributed by atoms with Crippen LogP contribution in [0.1, 0.15) is 20.8 Å². The van der Waals surface area contributed by atoms with E-state index in [4.69, 9.17) is 10.4 Å². The summed E-state index contributed by atoms with van der Waals surface area (Å²) in [4.78, 5) is 12.9. The Morgan fingerprint density at radius 2 is 2.11 bits per heavy atom. The molecule has 0 heterocycles. The molecule has 19 heavy (non-hydrogen) atoms. The first-order chi connectivity index (χ1) is 8.75. The van der Waals surface area contributed by atoms with Crippen molar-refractivity contribution in [2.45, 2.75) is 32.7 Å². The topological polar surface area (TPSA) is 76.4 Å². The molecule has 1 unspecified atom stereocenters. The van der Waals surface area contributed by atoms with Gasteiger partial charge >= 0.3 is 0 Å². The highest BCUT2D eigenvalue weighted by molar-refractivity contribution is 5.79.